The largest absolute Gasteiger partial charge is 0.476 e. The summed E-state index contributed by atoms with van der Waals surface area (Å²) in [5.74, 6) is 0.564. The van der Waals surface area contributed by atoms with Gasteiger partial charge in [0.15, 0.2) is 11.5 Å². The molecule has 1 unspecified atom stereocenters. The summed E-state index contributed by atoms with van der Waals surface area (Å²) in [6.07, 6.45) is 4.85. The average molecular weight is 249 g/mol. The van der Waals surface area contributed by atoms with Crippen molar-refractivity contribution in [2.45, 2.75) is 32.6 Å². The summed E-state index contributed by atoms with van der Waals surface area (Å²) < 4.78 is 0. The lowest BCUT2D eigenvalue weighted by molar-refractivity contribution is 0.0689. The predicted octanol–water partition coefficient (Wildman–Crippen LogP) is 2.19. The lowest BCUT2D eigenvalue weighted by Gasteiger charge is -2.20. The van der Waals surface area contributed by atoms with Crippen LogP contribution in [0.2, 0.25) is 0 Å². The molecular formula is C13H19N3O2. The molecule has 0 amide bonds. The van der Waals surface area contributed by atoms with Gasteiger partial charge in [0.05, 0.1) is 0 Å². The van der Waals surface area contributed by atoms with Gasteiger partial charge in [0.25, 0.3) is 0 Å². The van der Waals surface area contributed by atoms with Gasteiger partial charge in [0.2, 0.25) is 0 Å². The van der Waals surface area contributed by atoms with Gasteiger partial charge in [-0.25, -0.2) is 4.79 Å². The van der Waals surface area contributed by atoms with Crippen LogP contribution in [-0.2, 0) is 0 Å². The lowest BCUT2D eigenvalue weighted by Crippen LogP contribution is -2.25. The molecule has 5 nitrogen and oxygen atoms in total. The fourth-order valence-electron chi connectivity index (χ4n) is 2.41. The van der Waals surface area contributed by atoms with Crippen LogP contribution in [0.3, 0.4) is 0 Å². The molecule has 2 rings (SSSR count). The van der Waals surface area contributed by atoms with Crippen molar-refractivity contribution in [2.24, 2.45) is 5.92 Å². The summed E-state index contributed by atoms with van der Waals surface area (Å²) in [7, 11) is 0. The van der Waals surface area contributed by atoms with Gasteiger partial charge >= 0.3 is 5.97 Å². The van der Waals surface area contributed by atoms with E-state index in [1.165, 1.54) is 31.7 Å². The molecule has 0 bridgehead atoms. The highest BCUT2D eigenvalue weighted by molar-refractivity contribution is 5.85. The van der Waals surface area contributed by atoms with E-state index in [-0.39, 0.29) is 5.69 Å². The average Bonchev–Trinajstić information content (AvgIpc) is 2.64. The first-order chi connectivity index (χ1) is 8.70. The molecule has 1 fully saturated rings. The van der Waals surface area contributed by atoms with Crippen LogP contribution in [0.5, 0.6) is 0 Å². The maximum absolute atomic E-state index is 10.7. The van der Waals surface area contributed by atoms with Crippen molar-refractivity contribution >= 4 is 11.8 Å². The predicted molar refractivity (Wildman–Crippen MR) is 68.8 cm³/mol. The van der Waals surface area contributed by atoms with Crippen LogP contribution in [-0.4, -0.2) is 34.4 Å². The molecule has 1 saturated heterocycles. The van der Waals surface area contributed by atoms with E-state index in [1.807, 2.05) is 0 Å². The topological polar surface area (TPSA) is 66.3 Å². The summed E-state index contributed by atoms with van der Waals surface area (Å²) in [5, 5.41) is 16.5. The first kappa shape index (κ1) is 12.8. The van der Waals surface area contributed by atoms with E-state index in [0.717, 1.165) is 24.8 Å². The monoisotopic (exact) mass is 249 g/mol. The van der Waals surface area contributed by atoms with E-state index in [4.69, 9.17) is 5.11 Å². The van der Waals surface area contributed by atoms with Gasteiger partial charge in [-0.15, -0.1) is 10.2 Å². The molecule has 1 aromatic rings. The molecule has 0 saturated carbocycles. The Bertz CT molecular complexity index is 405. The smallest absolute Gasteiger partial charge is 0.356 e. The Kier molecular flexibility index (Phi) is 4.12. The normalized spacial score (nSPS) is 20.5. The van der Waals surface area contributed by atoms with Crippen molar-refractivity contribution in [3.05, 3.63) is 17.8 Å². The van der Waals surface area contributed by atoms with E-state index in [1.54, 1.807) is 6.07 Å². The molecule has 1 aliphatic rings. The number of hydrogen-bond acceptors (Lipinski definition) is 4. The quantitative estimate of drug-likeness (QED) is 0.889. The fourth-order valence-corrected chi connectivity index (χ4v) is 2.41. The molecule has 1 N–H and O–H groups in total. The van der Waals surface area contributed by atoms with Crippen LogP contribution in [0.15, 0.2) is 12.1 Å². The van der Waals surface area contributed by atoms with Gasteiger partial charge in [-0.3, -0.25) is 0 Å². The summed E-state index contributed by atoms with van der Waals surface area (Å²) in [4.78, 5) is 12.9. The van der Waals surface area contributed by atoms with E-state index >= 15 is 0 Å². The number of rotatable bonds is 3. The standard InChI is InChI=1S/C13H19N3O2/c1-2-10-4-3-8-16(9-7-10)12-6-5-11(13(17)18)14-15-12/h5-6,10H,2-4,7-9H2,1H3,(H,17,18). The lowest BCUT2D eigenvalue weighted by atomic mass is 9.98. The molecular weight excluding hydrogens is 230 g/mol. The Labute approximate surface area is 107 Å². The van der Waals surface area contributed by atoms with Gasteiger partial charge in [0, 0.05) is 13.1 Å². The van der Waals surface area contributed by atoms with E-state index in [0.29, 0.717) is 0 Å². The van der Waals surface area contributed by atoms with Crippen molar-refractivity contribution in [3.8, 4) is 0 Å². The third kappa shape index (κ3) is 2.97. The molecule has 0 radical (unpaired) electrons. The van der Waals surface area contributed by atoms with Gasteiger partial charge < -0.3 is 10.0 Å². The first-order valence-corrected chi connectivity index (χ1v) is 6.52. The van der Waals surface area contributed by atoms with Gasteiger partial charge in [-0.05, 0) is 37.3 Å². The molecule has 1 aromatic heterocycles. The fraction of sp³-hybridized carbons (Fsp3) is 0.615. The Hall–Kier alpha value is -1.65. The maximum atomic E-state index is 10.7. The van der Waals surface area contributed by atoms with Crippen LogP contribution in [0.25, 0.3) is 0 Å². The molecule has 0 spiro atoms. The minimum atomic E-state index is -1.03. The molecule has 1 atom stereocenters. The summed E-state index contributed by atoms with van der Waals surface area (Å²) >= 11 is 0. The van der Waals surface area contributed by atoms with Crippen molar-refractivity contribution < 1.29 is 9.90 Å². The Morgan fingerprint density at radius 2 is 2.22 bits per heavy atom. The van der Waals surface area contributed by atoms with Crippen LogP contribution >= 0.6 is 0 Å². The van der Waals surface area contributed by atoms with Gasteiger partial charge in [-0.1, -0.05) is 13.3 Å². The second-order valence-electron chi connectivity index (χ2n) is 4.77. The minimum Gasteiger partial charge on any atom is -0.476 e. The molecule has 0 aliphatic carbocycles. The highest BCUT2D eigenvalue weighted by Crippen LogP contribution is 2.22. The number of hydrogen-bond donors (Lipinski definition) is 1. The van der Waals surface area contributed by atoms with Crippen molar-refractivity contribution in [2.75, 3.05) is 18.0 Å². The molecule has 98 valence electrons. The molecule has 5 heteroatoms. The number of carboxylic acids is 1. The van der Waals surface area contributed by atoms with E-state index < -0.39 is 5.97 Å². The number of carbonyl (C=O) groups is 1. The zero-order chi connectivity index (χ0) is 13.0. The van der Waals surface area contributed by atoms with E-state index in [2.05, 4.69) is 22.0 Å². The second kappa shape index (κ2) is 5.80. The number of anilines is 1. The molecule has 2 heterocycles. The molecule has 0 aromatic carbocycles. The number of nitrogens with zero attached hydrogens (tertiary/aromatic N) is 3. The van der Waals surface area contributed by atoms with Crippen LogP contribution in [0, 0.1) is 5.92 Å². The van der Waals surface area contributed by atoms with Crippen molar-refractivity contribution in [3.63, 3.8) is 0 Å². The third-order valence-corrected chi connectivity index (χ3v) is 3.62. The zero-order valence-corrected chi connectivity index (χ0v) is 10.7. The summed E-state index contributed by atoms with van der Waals surface area (Å²) in [5.41, 5.74) is 0.00000617. The van der Waals surface area contributed by atoms with Crippen molar-refractivity contribution in [1.29, 1.82) is 0 Å². The molecule has 18 heavy (non-hydrogen) atoms. The number of carboxylic acid groups (broad SMARTS) is 1. The van der Waals surface area contributed by atoms with Gasteiger partial charge in [-0.2, -0.15) is 0 Å². The van der Waals surface area contributed by atoms with Crippen LogP contribution in [0.1, 0.15) is 43.1 Å². The number of aromatic carboxylic acids is 1. The summed E-state index contributed by atoms with van der Waals surface area (Å²) in [6, 6.07) is 3.27. The van der Waals surface area contributed by atoms with Crippen LogP contribution in [0.4, 0.5) is 5.82 Å². The Morgan fingerprint density at radius 1 is 1.39 bits per heavy atom. The third-order valence-electron chi connectivity index (χ3n) is 3.62. The zero-order valence-electron chi connectivity index (χ0n) is 10.7. The SMILES string of the molecule is CCC1CCCN(c2ccc(C(=O)O)nn2)CC1. The highest BCUT2D eigenvalue weighted by atomic mass is 16.4. The Balaban J connectivity index is 2.04. The van der Waals surface area contributed by atoms with Crippen LogP contribution < -0.4 is 4.90 Å². The summed E-state index contributed by atoms with van der Waals surface area (Å²) in [6.45, 7) is 4.21. The molecule has 1 aliphatic heterocycles. The van der Waals surface area contributed by atoms with Crippen molar-refractivity contribution in [1.82, 2.24) is 10.2 Å². The number of aromatic nitrogens is 2. The highest BCUT2D eigenvalue weighted by Gasteiger charge is 2.17. The maximum Gasteiger partial charge on any atom is 0.356 e. The van der Waals surface area contributed by atoms with Gasteiger partial charge in [0.1, 0.15) is 0 Å². The van der Waals surface area contributed by atoms with E-state index in [9.17, 15) is 4.79 Å². The Morgan fingerprint density at radius 3 is 2.83 bits per heavy atom. The first-order valence-electron chi connectivity index (χ1n) is 6.52. The second-order valence-corrected chi connectivity index (χ2v) is 4.77. The minimum absolute atomic E-state index is 0.00000617.